The lowest BCUT2D eigenvalue weighted by Gasteiger charge is -2.14. The van der Waals surface area contributed by atoms with Gasteiger partial charge in [-0.25, -0.2) is 9.67 Å². The van der Waals surface area contributed by atoms with E-state index in [4.69, 9.17) is 0 Å². The van der Waals surface area contributed by atoms with Crippen LogP contribution in [0.4, 0.5) is 5.82 Å². The second kappa shape index (κ2) is 5.43. The minimum atomic E-state index is -0.703. The number of amides is 1. The number of nitrogens with one attached hydrogen (secondary N) is 1. The van der Waals surface area contributed by atoms with E-state index in [0.717, 1.165) is 30.5 Å². The standard InChI is InChI=1S/C14H15N5O2/c1-9(14(21)17-12-8-15-5-6-16-12)19-13(20)7-10-3-2-4-11(10)18-19/h5-9H,2-4H2,1H3,(H,16,17,21)/t9-/m1/s1. The topological polar surface area (TPSA) is 89.8 Å². The average Bonchev–Trinajstić information content (AvgIpc) is 2.93. The fourth-order valence-corrected chi connectivity index (χ4v) is 2.40. The van der Waals surface area contributed by atoms with Crippen LogP contribution in [0.3, 0.4) is 0 Å². The number of anilines is 1. The number of carbonyl (C=O) groups excluding carboxylic acids is 1. The third kappa shape index (κ3) is 2.67. The van der Waals surface area contributed by atoms with Crippen molar-refractivity contribution in [3.63, 3.8) is 0 Å². The van der Waals surface area contributed by atoms with Gasteiger partial charge >= 0.3 is 0 Å². The maximum atomic E-state index is 12.2. The normalized spacial score (nSPS) is 14.5. The summed E-state index contributed by atoms with van der Waals surface area (Å²) in [6.45, 7) is 1.64. The molecule has 1 atom stereocenters. The van der Waals surface area contributed by atoms with Crippen molar-refractivity contribution in [1.82, 2.24) is 19.7 Å². The molecule has 0 fully saturated rings. The zero-order valence-electron chi connectivity index (χ0n) is 11.6. The summed E-state index contributed by atoms with van der Waals surface area (Å²) in [7, 11) is 0. The van der Waals surface area contributed by atoms with E-state index in [2.05, 4.69) is 20.4 Å². The fraction of sp³-hybridized carbons (Fsp3) is 0.357. The minimum Gasteiger partial charge on any atom is -0.308 e. The van der Waals surface area contributed by atoms with Crippen molar-refractivity contribution in [3.8, 4) is 0 Å². The van der Waals surface area contributed by atoms with Gasteiger partial charge < -0.3 is 5.32 Å². The van der Waals surface area contributed by atoms with Crippen molar-refractivity contribution in [3.05, 3.63) is 46.3 Å². The van der Waals surface area contributed by atoms with Crippen LogP contribution in [0, 0.1) is 0 Å². The van der Waals surface area contributed by atoms with Crippen LogP contribution in [0.15, 0.2) is 29.5 Å². The Morgan fingerprint density at radius 2 is 2.24 bits per heavy atom. The summed E-state index contributed by atoms with van der Waals surface area (Å²) in [4.78, 5) is 32.1. The lowest BCUT2D eigenvalue weighted by atomic mass is 10.2. The molecular formula is C14H15N5O2. The van der Waals surface area contributed by atoms with Crippen molar-refractivity contribution in [2.75, 3.05) is 5.32 Å². The molecule has 1 aliphatic rings. The van der Waals surface area contributed by atoms with Crippen molar-refractivity contribution in [2.24, 2.45) is 0 Å². The van der Waals surface area contributed by atoms with Crippen LogP contribution in [0.1, 0.15) is 30.6 Å². The predicted octanol–water partition coefficient (Wildman–Crippen LogP) is 0.722. The Morgan fingerprint density at radius 3 is 3.00 bits per heavy atom. The van der Waals surface area contributed by atoms with Gasteiger partial charge in [0.2, 0.25) is 5.91 Å². The molecule has 2 aromatic heterocycles. The van der Waals surface area contributed by atoms with Crippen LogP contribution in [0.5, 0.6) is 0 Å². The van der Waals surface area contributed by atoms with Crippen LogP contribution in [0.2, 0.25) is 0 Å². The highest BCUT2D eigenvalue weighted by molar-refractivity contribution is 5.92. The number of fused-ring (bicyclic) bond motifs is 1. The van der Waals surface area contributed by atoms with E-state index in [1.807, 2.05) is 0 Å². The molecule has 1 amide bonds. The highest BCUT2D eigenvalue weighted by Crippen LogP contribution is 2.18. The molecule has 0 radical (unpaired) electrons. The Labute approximate surface area is 121 Å². The van der Waals surface area contributed by atoms with Gasteiger partial charge in [0.15, 0.2) is 5.82 Å². The molecule has 7 nitrogen and oxygen atoms in total. The molecule has 2 aromatic rings. The number of rotatable bonds is 3. The zero-order chi connectivity index (χ0) is 14.8. The van der Waals surface area contributed by atoms with Crippen LogP contribution in [-0.2, 0) is 17.6 Å². The first kappa shape index (κ1) is 13.4. The Balaban J connectivity index is 1.83. The van der Waals surface area contributed by atoms with Crippen LogP contribution in [-0.4, -0.2) is 25.7 Å². The first-order valence-electron chi connectivity index (χ1n) is 6.83. The Hall–Kier alpha value is -2.57. The molecule has 0 spiro atoms. The van der Waals surface area contributed by atoms with E-state index in [9.17, 15) is 9.59 Å². The summed E-state index contributed by atoms with van der Waals surface area (Å²) in [6, 6.07) is 0.881. The van der Waals surface area contributed by atoms with E-state index in [-0.39, 0.29) is 11.5 Å². The Morgan fingerprint density at radius 1 is 1.38 bits per heavy atom. The molecule has 0 saturated carbocycles. The number of carbonyl (C=O) groups is 1. The molecule has 21 heavy (non-hydrogen) atoms. The fourth-order valence-electron chi connectivity index (χ4n) is 2.40. The van der Waals surface area contributed by atoms with Crippen LogP contribution >= 0.6 is 0 Å². The number of aromatic nitrogens is 4. The summed E-state index contributed by atoms with van der Waals surface area (Å²) < 4.78 is 1.23. The quantitative estimate of drug-likeness (QED) is 0.897. The monoisotopic (exact) mass is 285 g/mol. The molecule has 1 aliphatic carbocycles. The molecule has 0 saturated heterocycles. The van der Waals surface area contributed by atoms with Gasteiger partial charge in [-0.1, -0.05) is 0 Å². The smallest absolute Gasteiger partial charge is 0.267 e. The Kier molecular flexibility index (Phi) is 3.47. The molecular weight excluding hydrogens is 270 g/mol. The maximum Gasteiger partial charge on any atom is 0.267 e. The molecule has 0 aromatic carbocycles. The first-order chi connectivity index (χ1) is 10.1. The third-order valence-electron chi connectivity index (χ3n) is 3.54. The van der Waals surface area contributed by atoms with E-state index in [1.165, 1.54) is 23.3 Å². The van der Waals surface area contributed by atoms with Gasteiger partial charge in [-0.15, -0.1) is 0 Å². The van der Waals surface area contributed by atoms with E-state index >= 15 is 0 Å². The van der Waals surface area contributed by atoms with E-state index in [0.29, 0.717) is 5.82 Å². The van der Waals surface area contributed by atoms with Gasteiger partial charge in [0, 0.05) is 18.5 Å². The third-order valence-corrected chi connectivity index (χ3v) is 3.54. The maximum absolute atomic E-state index is 12.2. The highest BCUT2D eigenvalue weighted by Gasteiger charge is 2.21. The minimum absolute atomic E-state index is 0.252. The summed E-state index contributed by atoms with van der Waals surface area (Å²) in [6.07, 6.45) is 7.20. The lowest BCUT2D eigenvalue weighted by Crippen LogP contribution is -2.34. The number of aryl methyl sites for hydroxylation is 2. The average molecular weight is 285 g/mol. The van der Waals surface area contributed by atoms with Gasteiger partial charge in [0.25, 0.3) is 5.56 Å². The van der Waals surface area contributed by atoms with E-state index in [1.54, 1.807) is 13.0 Å². The molecule has 0 unspecified atom stereocenters. The molecule has 7 heteroatoms. The van der Waals surface area contributed by atoms with E-state index < -0.39 is 6.04 Å². The van der Waals surface area contributed by atoms with Gasteiger partial charge in [-0.2, -0.15) is 5.10 Å². The molecule has 2 heterocycles. The molecule has 108 valence electrons. The van der Waals surface area contributed by atoms with Crippen LogP contribution in [0.25, 0.3) is 0 Å². The molecule has 3 rings (SSSR count). The predicted molar refractivity (Wildman–Crippen MR) is 75.9 cm³/mol. The Bertz CT molecular complexity index is 726. The summed E-state index contributed by atoms with van der Waals surface area (Å²) in [5.74, 6) is 0.00612. The van der Waals surface area contributed by atoms with Crippen LogP contribution < -0.4 is 10.9 Å². The SMILES string of the molecule is C[C@H](C(=O)Nc1cnccn1)n1nc2c(cc1=O)CCC2. The van der Waals surface area contributed by atoms with Gasteiger partial charge in [0.05, 0.1) is 11.9 Å². The van der Waals surface area contributed by atoms with Gasteiger partial charge in [0.1, 0.15) is 6.04 Å². The molecule has 0 bridgehead atoms. The zero-order valence-corrected chi connectivity index (χ0v) is 11.6. The summed E-state index contributed by atoms with van der Waals surface area (Å²) in [5.41, 5.74) is 1.66. The number of hydrogen-bond donors (Lipinski definition) is 1. The summed E-state index contributed by atoms with van der Waals surface area (Å²) >= 11 is 0. The van der Waals surface area contributed by atoms with Crippen molar-refractivity contribution in [1.29, 1.82) is 0 Å². The molecule has 0 aliphatic heterocycles. The van der Waals surface area contributed by atoms with Crippen molar-refractivity contribution in [2.45, 2.75) is 32.2 Å². The van der Waals surface area contributed by atoms with Crippen molar-refractivity contribution >= 4 is 11.7 Å². The first-order valence-corrected chi connectivity index (χ1v) is 6.83. The van der Waals surface area contributed by atoms with Gasteiger partial charge in [-0.05, 0) is 31.7 Å². The molecule has 1 N–H and O–H groups in total. The lowest BCUT2D eigenvalue weighted by molar-refractivity contribution is -0.119. The second-order valence-electron chi connectivity index (χ2n) is 5.01. The number of nitrogens with zero attached hydrogens (tertiary/aromatic N) is 4. The second-order valence-corrected chi connectivity index (χ2v) is 5.01. The number of hydrogen-bond acceptors (Lipinski definition) is 5. The van der Waals surface area contributed by atoms with Crippen molar-refractivity contribution < 1.29 is 4.79 Å². The highest BCUT2D eigenvalue weighted by atomic mass is 16.2. The largest absolute Gasteiger partial charge is 0.308 e. The van der Waals surface area contributed by atoms with Gasteiger partial charge in [-0.3, -0.25) is 14.6 Å². The summed E-state index contributed by atoms with van der Waals surface area (Å²) in [5, 5.41) is 6.95.